The number of nitrogens with zero attached hydrogens (tertiary/aromatic N) is 1. The lowest BCUT2D eigenvalue weighted by Crippen LogP contribution is -2.28. The highest BCUT2D eigenvalue weighted by molar-refractivity contribution is 9.09. The molecule has 2 nitrogen and oxygen atoms in total. The van der Waals surface area contributed by atoms with Gasteiger partial charge >= 0.3 is 0 Å². The third-order valence-electron chi connectivity index (χ3n) is 2.86. The van der Waals surface area contributed by atoms with Crippen LogP contribution in [0.3, 0.4) is 0 Å². The summed E-state index contributed by atoms with van der Waals surface area (Å²) in [5.41, 5.74) is 0.683. The smallest absolute Gasteiger partial charge is 0.253 e. The second-order valence-corrected chi connectivity index (χ2v) is 5.15. The molecular formula is C12H13BrClNO. The van der Waals surface area contributed by atoms with E-state index in [2.05, 4.69) is 15.9 Å². The number of hydrogen-bond donors (Lipinski definition) is 0. The maximum absolute atomic E-state index is 12.1. The van der Waals surface area contributed by atoms with Crippen molar-refractivity contribution in [3.05, 3.63) is 34.9 Å². The van der Waals surface area contributed by atoms with Crippen LogP contribution in [0, 0.1) is 5.92 Å². The molecule has 0 N–H and O–H groups in total. The molecule has 1 aromatic carbocycles. The fraction of sp³-hybridized carbons (Fsp3) is 0.417. The molecule has 0 radical (unpaired) electrons. The molecule has 1 unspecified atom stereocenters. The Morgan fingerprint density at radius 3 is 3.00 bits per heavy atom. The Kier molecular flexibility index (Phi) is 3.87. The van der Waals surface area contributed by atoms with Crippen molar-refractivity contribution in [1.29, 1.82) is 0 Å². The minimum absolute atomic E-state index is 0.0888. The third kappa shape index (κ3) is 2.58. The Balaban J connectivity index is 2.08. The lowest BCUT2D eigenvalue weighted by molar-refractivity contribution is 0.0788. The van der Waals surface area contributed by atoms with Crippen molar-refractivity contribution in [1.82, 2.24) is 4.90 Å². The SMILES string of the molecule is O=C(c1cccc(Cl)c1)N1CCC(CBr)C1. The van der Waals surface area contributed by atoms with E-state index in [0.29, 0.717) is 16.5 Å². The van der Waals surface area contributed by atoms with Gasteiger partial charge in [0.15, 0.2) is 0 Å². The second kappa shape index (κ2) is 5.19. The summed E-state index contributed by atoms with van der Waals surface area (Å²) in [6.07, 6.45) is 1.08. The predicted molar refractivity (Wildman–Crippen MR) is 69.3 cm³/mol. The van der Waals surface area contributed by atoms with Crippen molar-refractivity contribution in [2.24, 2.45) is 5.92 Å². The van der Waals surface area contributed by atoms with Crippen molar-refractivity contribution < 1.29 is 4.79 Å². The first-order valence-corrected chi connectivity index (χ1v) is 6.81. The van der Waals surface area contributed by atoms with Crippen LogP contribution in [0.1, 0.15) is 16.8 Å². The number of carbonyl (C=O) groups excluding carboxylic acids is 1. The standard InChI is InChI=1S/C12H13BrClNO/c13-7-9-4-5-15(8-9)12(16)10-2-1-3-11(14)6-10/h1-3,6,9H,4-5,7-8H2. The molecule has 1 heterocycles. The van der Waals surface area contributed by atoms with Crippen LogP contribution in [0.2, 0.25) is 5.02 Å². The van der Waals surface area contributed by atoms with Crippen LogP contribution in [0.4, 0.5) is 0 Å². The zero-order valence-electron chi connectivity index (χ0n) is 8.83. The highest BCUT2D eigenvalue weighted by Gasteiger charge is 2.26. The summed E-state index contributed by atoms with van der Waals surface area (Å²) in [7, 11) is 0. The summed E-state index contributed by atoms with van der Waals surface area (Å²) in [4.78, 5) is 14.0. The Morgan fingerprint density at radius 1 is 1.56 bits per heavy atom. The molecular weight excluding hydrogens is 289 g/mol. The topological polar surface area (TPSA) is 20.3 Å². The molecule has 0 aromatic heterocycles. The van der Waals surface area contributed by atoms with Gasteiger partial charge in [-0.3, -0.25) is 4.79 Å². The molecule has 1 aliphatic rings. The molecule has 0 aliphatic carbocycles. The van der Waals surface area contributed by atoms with Crippen LogP contribution in [0.25, 0.3) is 0 Å². The van der Waals surface area contributed by atoms with Gasteiger partial charge in [0.05, 0.1) is 0 Å². The minimum Gasteiger partial charge on any atom is -0.338 e. The van der Waals surface area contributed by atoms with Crippen molar-refractivity contribution in [3.63, 3.8) is 0 Å². The number of benzene rings is 1. The summed E-state index contributed by atoms with van der Waals surface area (Å²) in [6.45, 7) is 1.69. The van der Waals surface area contributed by atoms with E-state index in [1.54, 1.807) is 12.1 Å². The Morgan fingerprint density at radius 2 is 2.38 bits per heavy atom. The molecule has 4 heteroatoms. The van der Waals surface area contributed by atoms with E-state index >= 15 is 0 Å². The zero-order chi connectivity index (χ0) is 11.5. The Hall–Kier alpha value is -0.540. The number of halogens is 2. The van der Waals surface area contributed by atoms with Crippen LogP contribution < -0.4 is 0 Å². The third-order valence-corrected chi connectivity index (χ3v) is 4.01. The molecule has 1 atom stereocenters. The largest absolute Gasteiger partial charge is 0.338 e. The number of alkyl halides is 1. The van der Waals surface area contributed by atoms with Gasteiger partial charge in [-0.2, -0.15) is 0 Å². The van der Waals surface area contributed by atoms with Gasteiger partial charge in [0.2, 0.25) is 0 Å². The minimum atomic E-state index is 0.0888. The van der Waals surface area contributed by atoms with E-state index in [-0.39, 0.29) is 5.91 Å². The van der Waals surface area contributed by atoms with Crippen molar-refractivity contribution in [2.75, 3.05) is 18.4 Å². The van der Waals surface area contributed by atoms with Gasteiger partial charge in [-0.05, 0) is 30.5 Å². The quantitative estimate of drug-likeness (QED) is 0.768. The molecule has 16 heavy (non-hydrogen) atoms. The average Bonchev–Trinajstić information content (AvgIpc) is 2.76. The molecule has 1 aliphatic heterocycles. The Labute approximate surface area is 109 Å². The van der Waals surface area contributed by atoms with Gasteiger partial charge in [0, 0.05) is 29.0 Å². The molecule has 0 saturated carbocycles. The molecule has 0 spiro atoms. The van der Waals surface area contributed by atoms with E-state index in [1.807, 2.05) is 17.0 Å². The van der Waals surface area contributed by atoms with Gasteiger partial charge in [0.25, 0.3) is 5.91 Å². The summed E-state index contributed by atoms with van der Waals surface area (Å²) in [5.74, 6) is 0.675. The molecule has 1 amide bonds. The van der Waals surface area contributed by atoms with Crippen LogP contribution in [0.5, 0.6) is 0 Å². The number of rotatable bonds is 2. The molecule has 0 bridgehead atoms. The van der Waals surface area contributed by atoms with Crippen LogP contribution >= 0.6 is 27.5 Å². The number of amides is 1. The van der Waals surface area contributed by atoms with Crippen molar-refractivity contribution in [2.45, 2.75) is 6.42 Å². The summed E-state index contributed by atoms with van der Waals surface area (Å²) in [5, 5.41) is 1.58. The van der Waals surface area contributed by atoms with E-state index in [0.717, 1.165) is 24.8 Å². The Bertz CT molecular complexity index is 396. The van der Waals surface area contributed by atoms with Crippen LogP contribution in [-0.2, 0) is 0 Å². The van der Waals surface area contributed by atoms with Gasteiger partial charge in [0.1, 0.15) is 0 Å². The van der Waals surface area contributed by atoms with Gasteiger partial charge in [-0.15, -0.1) is 0 Å². The maximum atomic E-state index is 12.1. The van der Waals surface area contributed by atoms with E-state index in [4.69, 9.17) is 11.6 Å². The zero-order valence-corrected chi connectivity index (χ0v) is 11.2. The number of hydrogen-bond acceptors (Lipinski definition) is 1. The predicted octanol–water partition coefficient (Wildman–Crippen LogP) is 3.20. The average molecular weight is 303 g/mol. The van der Waals surface area contributed by atoms with Crippen LogP contribution in [-0.4, -0.2) is 29.2 Å². The molecule has 86 valence electrons. The van der Waals surface area contributed by atoms with Crippen molar-refractivity contribution in [3.8, 4) is 0 Å². The van der Waals surface area contributed by atoms with Gasteiger partial charge in [-0.25, -0.2) is 0 Å². The van der Waals surface area contributed by atoms with E-state index < -0.39 is 0 Å². The van der Waals surface area contributed by atoms with Crippen molar-refractivity contribution >= 4 is 33.4 Å². The molecule has 1 saturated heterocycles. The summed E-state index contributed by atoms with van der Waals surface area (Å²) < 4.78 is 0. The van der Waals surface area contributed by atoms with E-state index in [9.17, 15) is 4.79 Å². The van der Waals surface area contributed by atoms with Gasteiger partial charge < -0.3 is 4.90 Å². The lowest BCUT2D eigenvalue weighted by Gasteiger charge is -2.16. The second-order valence-electron chi connectivity index (χ2n) is 4.07. The fourth-order valence-electron chi connectivity index (χ4n) is 1.95. The highest BCUT2D eigenvalue weighted by atomic mass is 79.9. The normalized spacial score (nSPS) is 20.1. The molecule has 2 rings (SSSR count). The molecule has 1 fully saturated rings. The maximum Gasteiger partial charge on any atom is 0.253 e. The van der Waals surface area contributed by atoms with Gasteiger partial charge in [-0.1, -0.05) is 33.6 Å². The van der Waals surface area contributed by atoms with Crippen LogP contribution in [0.15, 0.2) is 24.3 Å². The number of likely N-dealkylation sites (tertiary alicyclic amines) is 1. The fourth-order valence-corrected chi connectivity index (χ4v) is 2.67. The first-order chi connectivity index (χ1) is 7.70. The van der Waals surface area contributed by atoms with E-state index in [1.165, 1.54) is 0 Å². The highest BCUT2D eigenvalue weighted by Crippen LogP contribution is 2.21. The lowest BCUT2D eigenvalue weighted by atomic mass is 10.2. The first kappa shape index (κ1) is 11.9. The first-order valence-electron chi connectivity index (χ1n) is 5.31. The monoisotopic (exact) mass is 301 g/mol. The summed E-state index contributed by atoms with van der Waals surface area (Å²) >= 11 is 9.33. The molecule has 1 aromatic rings. The number of carbonyl (C=O) groups is 1. The summed E-state index contributed by atoms with van der Waals surface area (Å²) in [6, 6.07) is 7.14.